The Morgan fingerprint density at radius 1 is 0.929 bits per heavy atom. The largest absolute Gasteiger partial charge is 0.364 e. The maximum absolute atomic E-state index is 3.29. The maximum Gasteiger partial charge on any atom is 0.0414 e. The van der Waals surface area contributed by atoms with Gasteiger partial charge < -0.3 is 9.97 Å². The van der Waals surface area contributed by atoms with Gasteiger partial charge in [-0.1, -0.05) is 13.8 Å². The minimum atomic E-state index is 0.444. The standard InChI is InChI=1S/C12H16N2/c1-9(2)12(10-5-3-7-13-10)11-6-4-8-14-11/h3-9,12-14H,1-2H3. The molecule has 2 rings (SSSR count). The van der Waals surface area contributed by atoms with E-state index in [1.54, 1.807) is 0 Å². The lowest BCUT2D eigenvalue weighted by Gasteiger charge is -2.18. The first kappa shape index (κ1) is 9.13. The quantitative estimate of drug-likeness (QED) is 0.741. The van der Waals surface area contributed by atoms with Gasteiger partial charge in [-0.05, 0) is 30.2 Å². The van der Waals surface area contributed by atoms with Crippen LogP contribution in [0.4, 0.5) is 0 Å². The number of rotatable bonds is 3. The van der Waals surface area contributed by atoms with Crippen LogP contribution in [0, 0.1) is 5.92 Å². The lowest BCUT2D eigenvalue weighted by molar-refractivity contribution is 0.545. The van der Waals surface area contributed by atoms with Gasteiger partial charge in [-0.25, -0.2) is 0 Å². The summed E-state index contributed by atoms with van der Waals surface area (Å²) < 4.78 is 0. The van der Waals surface area contributed by atoms with E-state index in [0.29, 0.717) is 11.8 Å². The molecular formula is C12H16N2. The zero-order valence-corrected chi connectivity index (χ0v) is 8.62. The first-order valence-corrected chi connectivity index (χ1v) is 5.05. The molecule has 0 radical (unpaired) electrons. The Kier molecular flexibility index (Phi) is 2.44. The van der Waals surface area contributed by atoms with E-state index < -0.39 is 0 Å². The fourth-order valence-electron chi connectivity index (χ4n) is 1.96. The van der Waals surface area contributed by atoms with Crippen LogP contribution >= 0.6 is 0 Å². The minimum Gasteiger partial charge on any atom is -0.364 e. The third-order valence-electron chi connectivity index (χ3n) is 2.58. The number of aromatic amines is 2. The highest BCUT2D eigenvalue weighted by atomic mass is 14.7. The van der Waals surface area contributed by atoms with Gasteiger partial charge in [0.15, 0.2) is 0 Å². The summed E-state index contributed by atoms with van der Waals surface area (Å²) in [7, 11) is 0. The first-order chi connectivity index (χ1) is 6.79. The molecule has 2 aromatic heterocycles. The van der Waals surface area contributed by atoms with Crippen LogP contribution in [-0.2, 0) is 0 Å². The Hall–Kier alpha value is -1.44. The van der Waals surface area contributed by atoms with Gasteiger partial charge in [-0.2, -0.15) is 0 Å². The topological polar surface area (TPSA) is 31.6 Å². The second kappa shape index (κ2) is 3.74. The van der Waals surface area contributed by atoms with Crippen LogP contribution in [0.1, 0.15) is 31.2 Å². The Bertz CT molecular complexity index is 323. The molecule has 2 heteroatoms. The van der Waals surface area contributed by atoms with E-state index in [9.17, 15) is 0 Å². The second-order valence-corrected chi connectivity index (χ2v) is 3.97. The molecule has 0 fully saturated rings. The van der Waals surface area contributed by atoms with Crippen molar-refractivity contribution in [1.29, 1.82) is 0 Å². The van der Waals surface area contributed by atoms with Crippen molar-refractivity contribution >= 4 is 0 Å². The van der Waals surface area contributed by atoms with Crippen molar-refractivity contribution in [2.45, 2.75) is 19.8 Å². The van der Waals surface area contributed by atoms with Gasteiger partial charge >= 0.3 is 0 Å². The normalized spacial score (nSPS) is 11.4. The Labute approximate surface area is 84.4 Å². The van der Waals surface area contributed by atoms with Crippen molar-refractivity contribution < 1.29 is 0 Å². The summed E-state index contributed by atoms with van der Waals surface area (Å²) >= 11 is 0. The van der Waals surface area contributed by atoms with Crippen molar-refractivity contribution in [3.05, 3.63) is 48.0 Å². The van der Waals surface area contributed by atoms with E-state index in [-0.39, 0.29) is 0 Å². The zero-order chi connectivity index (χ0) is 9.97. The zero-order valence-electron chi connectivity index (χ0n) is 8.62. The number of hydrogen-bond donors (Lipinski definition) is 2. The van der Waals surface area contributed by atoms with Crippen LogP contribution in [0.15, 0.2) is 36.7 Å². The highest BCUT2D eigenvalue weighted by Crippen LogP contribution is 2.29. The van der Waals surface area contributed by atoms with E-state index in [0.717, 1.165) is 0 Å². The Morgan fingerprint density at radius 2 is 1.43 bits per heavy atom. The van der Waals surface area contributed by atoms with Gasteiger partial charge in [0.2, 0.25) is 0 Å². The van der Waals surface area contributed by atoms with Crippen LogP contribution < -0.4 is 0 Å². The molecule has 0 unspecified atom stereocenters. The monoisotopic (exact) mass is 188 g/mol. The molecule has 0 bridgehead atoms. The van der Waals surface area contributed by atoms with Crippen molar-refractivity contribution in [2.75, 3.05) is 0 Å². The predicted molar refractivity (Wildman–Crippen MR) is 58.3 cm³/mol. The molecule has 0 aromatic carbocycles. The fourth-order valence-corrected chi connectivity index (χ4v) is 1.96. The second-order valence-electron chi connectivity index (χ2n) is 3.97. The van der Waals surface area contributed by atoms with Gasteiger partial charge in [-0.15, -0.1) is 0 Å². The third kappa shape index (κ3) is 1.60. The van der Waals surface area contributed by atoms with Gasteiger partial charge in [0.05, 0.1) is 0 Å². The molecule has 0 amide bonds. The smallest absolute Gasteiger partial charge is 0.0414 e. The summed E-state index contributed by atoms with van der Waals surface area (Å²) in [6.45, 7) is 4.48. The average molecular weight is 188 g/mol. The summed E-state index contributed by atoms with van der Waals surface area (Å²) in [4.78, 5) is 6.57. The number of aromatic nitrogens is 2. The molecular weight excluding hydrogens is 172 g/mol. The molecule has 2 aromatic rings. The summed E-state index contributed by atoms with van der Waals surface area (Å²) in [5.41, 5.74) is 2.56. The minimum absolute atomic E-state index is 0.444. The van der Waals surface area contributed by atoms with Crippen LogP contribution in [-0.4, -0.2) is 9.97 Å². The van der Waals surface area contributed by atoms with Crippen LogP contribution in [0.25, 0.3) is 0 Å². The SMILES string of the molecule is CC(C)C(c1ccc[nH]1)c1ccc[nH]1. The number of hydrogen-bond acceptors (Lipinski definition) is 0. The van der Waals surface area contributed by atoms with Gasteiger partial charge in [0.1, 0.15) is 0 Å². The van der Waals surface area contributed by atoms with Gasteiger partial charge in [0, 0.05) is 29.7 Å². The molecule has 0 aliphatic heterocycles. The molecule has 0 saturated heterocycles. The summed E-state index contributed by atoms with van der Waals surface area (Å²) in [5.74, 6) is 1.03. The van der Waals surface area contributed by atoms with Crippen LogP contribution in [0.5, 0.6) is 0 Å². The molecule has 2 heterocycles. The van der Waals surface area contributed by atoms with E-state index in [4.69, 9.17) is 0 Å². The summed E-state index contributed by atoms with van der Waals surface area (Å²) in [6.07, 6.45) is 3.96. The van der Waals surface area contributed by atoms with Gasteiger partial charge in [0.25, 0.3) is 0 Å². The maximum atomic E-state index is 3.29. The summed E-state index contributed by atoms with van der Waals surface area (Å²) in [5, 5.41) is 0. The third-order valence-corrected chi connectivity index (χ3v) is 2.58. The van der Waals surface area contributed by atoms with Crippen molar-refractivity contribution in [3.8, 4) is 0 Å². The van der Waals surface area contributed by atoms with Crippen LogP contribution in [0.2, 0.25) is 0 Å². The van der Waals surface area contributed by atoms with Crippen LogP contribution in [0.3, 0.4) is 0 Å². The van der Waals surface area contributed by atoms with E-state index >= 15 is 0 Å². The van der Waals surface area contributed by atoms with Crippen molar-refractivity contribution in [2.24, 2.45) is 5.92 Å². The highest BCUT2D eigenvalue weighted by Gasteiger charge is 2.19. The predicted octanol–water partition coefficient (Wildman–Crippen LogP) is 3.13. The van der Waals surface area contributed by atoms with E-state index in [1.165, 1.54) is 11.4 Å². The molecule has 74 valence electrons. The fraction of sp³-hybridized carbons (Fsp3) is 0.333. The molecule has 2 N–H and O–H groups in total. The van der Waals surface area contributed by atoms with Gasteiger partial charge in [-0.3, -0.25) is 0 Å². The Morgan fingerprint density at radius 3 is 1.71 bits per heavy atom. The first-order valence-electron chi connectivity index (χ1n) is 5.05. The van der Waals surface area contributed by atoms with E-state index in [1.807, 2.05) is 24.5 Å². The molecule has 14 heavy (non-hydrogen) atoms. The highest BCUT2D eigenvalue weighted by molar-refractivity contribution is 5.24. The van der Waals surface area contributed by atoms with E-state index in [2.05, 4.69) is 35.9 Å². The molecule has 2 nitrogen and oxygen atoms in total. The Balaban J connectivity index is 2.35. The average Bonchev–Trinajstić information content (AvgIpc) is 2.75. The molecule has 0 atom stereocenters. The summed E-state index contributed by atoms with van der Waals surface area (Å²) in [6, 6.07) is 8.39. The molecule has 0 saturated carbocycles. The lowest BCUT2D eigenvalue weighted by atomic mass is 9.90. The molecule has 0 aliphatic rings. The van der Waals surface area contributed by atoms with Crippen molar-refractivity contribution in [1.82, 2.24) is 9.97 Å². The van der Waals surface area contributed by atoms with Crippen molar-refractivity contribution in [3.63, 3.8) is 0 Å². The lowest BCUT2D eigenvalue weighted by Crippen LogP contribution is -2.09. The molecule has 0 spiro atoms. The number of nitrogens with one attached hydrogen (secondary N) is 2. The molecule has 0 aliphatic carbocycles. The number of H-pyrrole nitrogens is 2.